The lowest BCUT2D eigenvalue weighted by atomic mass is 9.99. The molecule has 6 heteroatoms. The lowest BCUT2D eigenvalue weighted by Gasteiger charge is -2.26. The van der Waals surface area contributed by atoms with Crippen molar-refractivity contribution in [1.82, 2.24) is 15.1 Å². The number of hydrogen-bond acceptors (Lipinski definition) is 3. The minimum Gasteiger partial charge on any atom is -0.481 e. The summed E-state index contributed by atoms with van der Waals surface area (Å²) in [5, 5.41) is 12.3. The highest BCUT2D eigenvalue weighted by Gasteiger charge is 2.38. The first-order valence-corrected chi connectivity index (χ1v) is 6.57. The second kappa shape index (κ2) is 5.56. The van der Waals surface area contributed by atoms with Crippen molar-refractivity contribution in [1.29, 1.82) is 0 Å². The van der Waals surface area contributed by atoms with Gasteiger partial charge in [0.25, 0.3) is 0 Å². The van der Waals surface area contributed by atoms with E-state index in [1.807, 2.05) is 11.8 Å². The van der Waals surface area contributed by atoms with Crippen LogP contribution in [-0.4, -0.2) is 66.2 Å². The standard InChI is InChI=1S/C12H21N3O3/c1-9-7-15(8-10(9)11(16)17)12(18)14-5-2-3-13-4-6-14/h9-10,13H,2-8H2,1H3,(H,16,17)/t9-,10-/m1/s1. The largest absolute Gasteiger partial charge is 0.481 e. The van der Waals surface area contributed by atoms with Gasteiger partial charge in [0.2, 0.25) is 0 Å². The molecule has 0 bridgehead atoms. The molecule has 6 nitrogen and oxygen atoms in total. The van der Waals surface area contributed by atoms with Crippen molar-refractivity contribution < 1.29 is 14.7 Å². The third kappa shape index (κ3) is 2.75. The zero-order valence-electron chi connectivity index (χ0n) is 10.8. The first kappa shape index (κ1) is 13.1. The molecular formula is C12H21N3O3. The molecule has 2 N–H and O–H groups in total. The molecule has 0 saturated carbocycles. The van der Waals surface area contributed by atoms with E-state index in [0.717, 1.165) is 26.1 Å². The molecule has 2 atom stereocenters. The van der Waals surface area contributed by atoms with Gasteiger partial charge in [-0.3, -0.25) is 4.79 Å². The molecule has 0 aliphatic carbocycles. The summed E-state index contributed by atoms with van der Waals surface area (Å²) in [5.74, 6) is -1.18. The minimum atomic E-state index is -0.796. The number of likely N-dealkylation sites (tertiary alicyclic amines) is 1. The Morgan fingerprint density at radius 3 is 2.61 bits per heavy atom. The number of carboxylic acids is 1. The molecule has 0 spiro atoms. The molecule has 2 aliphatic rings. The Bertz CT molecular complexity index is 327. The minimum absolute atomic E-state index is 0.00528. The molecule has 0 aromatic heterocycles. The van der Waals surface area contributed by atoms with Crippen LogP contribution < -0.4 is 5.32 Å². The molecule has 2 amide bonds. The monoisotopic (exact) mass is 255 g/mol. The average Bonchev–Trinajstić information content (AvgIpc) is 2.56. The first-order chi connectivity index (χ1) is 8.59. The van der Waals surface area contributed by atoms with Gasteiger partial charge in [-0.25, -0.2) is 4.79 Å². The quantitative estimate of drug-likeness (QED) is 0.694. The van der Waals surface area contributed by atoms with E-state index in [0.29, 0.717) is 19.6 Å². The second-order valence-corrected chi connectivity index (χ2v) is 5.20. The summed E-state index contributed by atoms with van der Waals surface area (Å²) >= 11 is 0. The van der Waals surface area contributed by atoms with Crippen molar-refractivity contribution >= 4 is 12.0 Å². The SMILES string of the molecule is C[C@@H]1CN(C(=O)N2CCCNCC2)C[C@H]1C(=O)O. The molecule has 2 saturated heterocycles. The number of carbonyl (C=O) groups excluding carboxylic acids is 1. The van der Waals surface area contributed by atoms with E-state index in [-0.39, 0.29) is 11.9 Å². The van der Waals surface area contributed by atoms with Gasteiger partial charge in [-0.15, -0.1) is 0 Å². The Morgan fingerprint density at radius 1 is 1.17 bits per heavy atom. The van der Waals surface area contributed by atoms with Gasteiger partial charge in [0, 0.05) is 32.7 Å². The average molecular weight is 255 g/mol. The first-order valence-electron chi connectivity index (χ1n) is 6.57. The van der Waals surface area contributed by atoms with Gasteiger partial charge in [-0.05, 0) is 18.9 Å². The van der Waals surface area contributed by atoms with Crippen molar-refractivity contribution in [2.24, 2.45) is 11.8 Å². The van der Waals surface area contributed by atoms with E-state index < -0.39 is 11.9 Å². The summed E-state index contributed by atoms with van der Waals surface area (Å²) in [7, 11) is 0. The van der Waals surface area contributed by atoms with Crippen LogP contribution >= 0.6 is 0 Å². The number of nitrogens with one attached hydrogen (secondary N) is 1. The number of hydrogen-bond donors (Lipinski definition) is 2. The summed E-state index contributed by atoms with van der Waals surface area (Å²) in [6.07, 6.45) is 0.956. The van der Waals surface area contributed by atoms with E-state index in [1.165, 1.54) is 0 Å². The van der Waals surface area contributed by atoms with Gasteiger partial charge >= 0.3 is 12.0 Å². The van der Waals surface area contributed by atoms with E-state index in [1.54, 1.807) is 4.90 Å². The number of urea groups is 1. The summed E-state index contributed by atoms with van der Waals surface area (Å²) in [6.45, 7) is 6.03. The van der Waals surface area contributed by atoms with Crippen molar-refractivity contribution in [3.8, 4) is 0 Å². The fraction of sp³-hybridized carbons (Fsp3) is 0.833. The Hall–Kier alpha value is -1.30. The van der Waals surface area contributed by atoms with Gasteiger partial charge < -0.3 is 20.2 Å². The van der Waals surface area contributed by atoms with Crippen molar-refractivity contribution in [3.05, 3.63) is 0 Å². The van der Waals surface area contributed by atoms with Crippen LogP contribution in [0, 0.1) is 11.8 Å². The highest BCUT2D eigenvalue weighted by molar-refractivity contribution is 5.77. The van der Waals surface area contributed by atoms with Gasteiger partial charge in [0.1, 0.15) is 0 Å². The smallest absolute Gasteiger partial charge is 0.320 e. The topological polar surface area (TPSA) is 72.9 Å². The van der Waals surface area contributed by atoms with Gasteiger partial charge in [0.15, 0.2) is 0 Å². The van der Waals surface area contributed by atoms with E-state index >= 15 is 0 Å². The maximum absolute atomic E-state index is 12.3. The third-order valence-corrected chi connectivity index (χ3v) is 3.81. The summed E-state index contributed by atoms with van der Waals surface area (Å²) < 4.78 is 0. The number of amides is 2. The van der Waals surface area contributed by atoms with Crippen LogP contribution in [0.5, 0.6) is 0 Å². The van der Waals surface area contributed by atoms with Crippen molar-refractivity contribution in [3.63, 3.8) is 0 Å². The van der Waals surface area contributed by atoms with Crippen LogP contribution in [0.1, 0.15) is 13.3 Å². The number of carboxylic acid groups (broad SMARTS) is 1. The molecule has 18 heavy (non-hydrogen) atoms. The van der Waals surface area contributed by atoms with Gasteiger partial charge in [0.05, 0.1) is 5.92 Å². The van der Waals surface area contributed by atoms with Crippen LogP contribution in [0.4, 0.5) is 4.79 Å². The molecule has 0 aromatic rings. The predicted octanol–water partition coefficient (Wildman–Crippen LogP) is 0.0542. The second-order valence-electron chi connectivity index (χ2n) is 5.20. The maximum atomic E-state index is 12.3. The zero-order valence-corrected chi connectivity index (χ0v) is 10.8. The van der Waals surface area contributed by atoms with Crippen LogP contribution in [-0.2, 0) is 4.79 Å². The van der Waals surface area contributed by atoms with E-state index in [2.05, 4.69) is 5.32 Å². The normalized spacial score (nSPS) is 29.2. The van der Waals surface area contributed by atoms with Crippen LogP contribution in [0.2, 0.25) is 0 Å². The molecule has 2 heterocycles. The molecule has 0 radical (unpaired) electrons. The lowest BCUT2D eigenvalue weighted by molar-refractivity contribution is -0.142. The fourth-order valence-electron chi connectivity index (χ4n) is 2.68. The van der Waals surface area contributed by atoms with E-state index in [4.69, 9.17) is 5.11 Å². The lowest BCUT2D eigenvalue weighted by Crippen LogP contribution is -2.44. The Labute approximate surface area is 107 Å². The molecule has 0 unspecified atom stereocenters. The molecule has 0 aromatic carbocycles. The molecule has 102 valence electrons. The summed E-state index contributed by atoms with van der Waals surface area (Å²) in [4.78, 5) is 26.9. The van der Waals surface area contributed by atoms with Crippen molar-refractivity contribution in [2.75, 3.05) is 39.3 Å². The highest BCUT2D eigenvalue weighted by Crippen LogP contribution is 2.24. The number of nitrogens with zero attached hydrogens (tertiary/aromatic N) is 2. The third-order valence-electron chi connectivity index (χ3n) is 3.81. The number of rotatable bonds is 1. The van der Waals surface area contributed by atoms with Crippen LogP contribution in [0.25, 0.3) is 0 Å². The zero-order chi connectivity index (χ0) is 13.1. The maximum Gasteiger partial charge on any atom is 0.320 e. The van der Waals surface area contributed by atoms with Crippen molar-refractivity contribution in [2.45, 2.75) is 13.3 Å². The van der Waals surface area contributed by atoms with Crippen LogP contribution in [0.15, 0.2) is 0 Å². The summed E-state index contributed by atoms with van der Waals surface area (Å²) in [6, 6.07) is -0.00528. The number of carbonyl (C=O) groups is 2. The molecular weight excluding hydrogens is 234 g/mol. The molecule has 2 rings (SSSR count). The molecule has 2 aliphatic heterocycles. The van der Waals surface area contributed by atoms with E-state index in [9.17, 15) is 9.59 Å². The Morgan fingerprint density at radius 2 is 1.94 bits per heavy atom. The van der Waals surface area contributed by atoms with Crippen LogP contribution in [0.3, 0.4) is 0 Å². The van der Waals surface area contributed by atoms with Gasteiger partial charge in [-0.1, -0.05) is 6.92 Å². The highest BCUT2D eigenvalue weighted by atomic mass is 16.4. The summed E-state index contributed by atoms with van der Waals surface area (Å²) in [5.41, 5.74) is 0. The van der Waals surface area contributed by atoms with Gasteiger partial charge in [-0.2, -0.15) is 0 Å². The predicted molar refractivity (Wildman–Crippen MR) is 66.3 cm³/mol. The Kier molecular flexibility index (Phi) is 4.06. The Balaban J connectivity index is 1.95. The fourth-order valence-corrected chi connectivity index (χ4v) is 2.68. The molecule has 2 fully saturated rings. The number of aliphatic carboxylic acids is 1.